The molecule has 3 rings (SSSR count). The van der Waals surface area contributed by atoms with E-state index in [9.17, 15) is 9.90 Å². The number of anilines is 1. The van der Waals surface area contributed by atoms with Crippen LogP contribution in [0.3, 0.4) is 0 Å². The number of hydrogen-bond donors (Lipinski definition) is 2. The van der Waals surface area contributed by atoms with Gasteiger partial charge >= 0.3 is 0 Å². The second-order valence-corrected chi connectivity index (χ2v) is 5.68. The van der Waals surface area contributed by atoms with Crippen molar-refractivity contribution < 1.29 is 9.90 Å². The van der Waals surface area contributed by atoms with E-state index in [-0.39, 0.29) is 24.0 Å². The molecule has 1 saturated carbocycles. The molecule has 1 heterocycles. The first-order valence-corrected chi connectivity index (χ1v) is 6.95. The highest BCUT2D eigenvalue weighted by Gasteiger charge is 2.54. The summed E-state index contributed by atoms with van der Waals surface area (Å²) in [4.78, 5) is 14.6. The maximum absolute atomic E-state index is 12.8. The van der Waals surface area contributed by atoms with Gasteiger partial charge in [-0.15, -0.1) is 0 Å². The maximum atomic E-state index is 12.8. The van der Waals surface area contributed by atoms with Gasteiger partial charge in [-0.1, -0.05) is 12.1 Å². The fourth-order valence-corrected chi connectivity index (χ4v) is 3.12. The third-order valence-electron chi connectivity index (χ3n) is 4.47. The number of hydrogen-bond acceptors (Lipinski definition) is 3. The summed E-state index contributed by atoms with van der Waals surface area (Å²) in [6.07, 6.45) is 3.73. The van der Waals surface area contributed by atoms with Crippen molar-refractivity contribution in [2.45, 2.75) is 37.1 Å². The van der Waals surface area contributed by atoms with Crippen LogP contribution in [-0.2, 0) is 10.2 Å². The number of amides is 1. The third-order valence-corrected chi connectivity index (χ3v) is 4.47. The molecule has 4 heteroatoms. The first-order chi connectivity index (χ1) is 9.17. The summed E-state index contributed by atoms with van der Waals surface area (Å²) in [5.41, 5.74) is 7.15. The van der Waals surface area contributed by atoms with Gasteiger partial charge in [-0.2, -0.15) is 0 Å². The predicted molar refractivity (Wildman–Crippen MR) is 73.6 cm³/mol. The minimum absolute atomic E-state index is 0.0127. The number of nitrogens with zero attached hydrogens (tertiary/aromatic N) is 1. The Morgan fingerprint density at radius 2 is 2.05 bits per heavy atom. The number of carbonyl (C=O) groups excluding carboxylic acids is 1. The maximum Gasteiger partial charge on any atom is 0.233 e. The summed E-state index contributed by atoms with van der Waals surface area (Å²) in [5, 5.41) is 9.37. The van der Waals surface area contributed by atoms with Crippen LogP contribution in [0.1, 0.15) is 31.2 Å². The molecule has 2 fully saturated rings. The lowest BCUT2D eigenvalue weighted by Gasteiger charge is -2.28. The normalized spacial score (nSPS) is 24.5. The zero-order valence-electron chi connectivity index (χ0n) is 11.0. The molecule has 1 atom stereocenters. The van der Waals surface area contributed by atoms with Crippen LogP contribution in [0.5, 0.6) is 0 Å². The summed E-state index contributed by atoms with van der Waals surface area (Å²) in [6, 6.07) is 7.65. The SMILES string of the molecule is Nc1ccc(C2(C(=O)N3CCC[C@H]3CO)CC2)cc1. The highest BCUT2D eigenvalue weighted by Crippen LogP contribution is 2.50. The average Bonchev–Trinajstić information content (AvgIpc) is 3.09. The number of benzene rings is 1. The second-order valence-electron chi connectivity index (χ2n) is 5.68. The van der Waals surface area contributed by atoms with Crippen LogP contribution in [0.4, 0.5) is 5.69 Å². The van der Waals surface area contributed by atoms with Crippen molar-refractivity contribution in [1.82, 2.24) is 4.90 Å². The van der Waals surface area contributed by atoms with Crippen LogP contribution < -0.4 is 5.73 Å². The summed E-state index contributed by atoms with van der Waals surface area (Å²) >= 11 is 0. The molecule has 0 radical (unpaired) electrons. The van der Waals surface area contributed by atoms with Crippen LogP contribution in [0.2, 0.25) is 0 Å². The molecular formula is C15H20N2O2. The van der Waals surface area contributed by atoms with Crippen molar-refractivity contribution in [3.05, 3.63) is 29.8 Å². The summed E-state index contributed by atoms with van der Waals surface area (Å²) in [6.45, 7) is 0.852. The van der Waals surface area contributed by atoms with Gasteiger partial charge in [0.2, 0.25) is 5.91 Å². The Bertz CT molecular complexity index is 479. The number of aliphatic hydroxyl groups is 1. The van der Waals surface area contributed by atoms with Gasteiger partial charge in [0.1, 0.15) is 0 Å². The van der Waals surface area contributed by atoms with Gasteiger partial charge in [0.25, 0.3) is 0 Å². The Kier molecular flexibility index (Phi) is 2.97. The van der Waals surface area contributed by atoms with E-state index in [4.69, 9.17) is 5.73 Å². The molecule has 0 aromatic heterocycles. The number of nitrogen functional groups attached to an aromatic ring is 1. The van der Waals surface area contributed by atoms with E-state index in [2.05, 4.69) is 0 Å². The molecule has 1 amide bonds. The van der Waals surface area contributed by atoms with Crippen LogP contribution >= 0.6 is 0 Å². The molecule has 19 heavy (non-hydrogen) atoms. The molecule has 0 bridgehead atoms. The topological polar surface area (TPSA) is 66.6 Å². The van der Waals surface area contributed by atoms with Gasteiger partial charge in [-0.3, -0.25) is 4.79 Å². The first-order valence-electron chi connectivity index (χ1n) is 6.95. The van der Waals surface area contributed by atoms with E-state index in [1.54, 1.807) is 0 Å². The van der Waals surface area contributed by atoms with E-state index >= 15 is 0 Å². The van der Waals surface area contributed by atoms with Crippen molar-refractivity contribution in [2.24, 2.45) is 0 Å². The summed E-state index contributed by atoms with van der Waals surface area (Å²) in [5.74, 6) is 0.189. The van der Waals surface area contributed by atoms with Crippen LogP contribution in [0.25, 0.3) is 0 Å². The zero-order valence-corrected chi connectivity index (χ0v) is 11.0. The minimum atomic E-state index is -0.342. The van der Waals surface area contributed by atoms with Gasteiger partial charge in [0.15, 0.2) is 0 Å². The van der Waals surface area contributed by atoms with Gasteiger partial charge < -0.3 is 15.7 Å². The molecule has 1 aliphatic carbocycles. The Morgan fingerprint density at radius 3 is 2.63 bits per heavy atom. The fourth-order valence-electron chi connectivity index (χ4n) is 3.12. The largest absolute Gasteiger partial charge is 0.399 e. The number of likely N-dealkylation sites (tertiary alicyclic amines) is 1. The highest BCUT2D eigenvalue weighted by atomic mass is 16.3. The lowest BCUT2D eigenvalue weighted by molar-refractivity contribution is -0.135. The molecule has 4 nitrogen and oxygen atoms in total. The van der Waals surface area contributed by atoms with Crippen LogP contribution in [-0.4, -0.2) is 35.1 Å². The van der Waals surface area contributed by atoms with E-state index in [0.717, 1.165) is 43.5 Å². The summed E-state index contributed by atoms with van der Waals surface area (Å²) < 4.78 is 0. The van der Waals surface area contributed by atoms with Crippen molar-refractivity contribution in [2.75, 3.05) is 18.9 Å². The van der Waals surface area contributed by atoms with Gasteiger partial charge in [0, 0.05) is 12.2 Å². The molecular weight excluding hydrogens is 240 g/mol. The van der Waals surface area contributed by atoms with Crippen LogP contribution in [0, 0.1) is 0 Å². The van der Waals surface area contributed by atoms with Crippen LogP contribution in [0.15, 0.2) is 24.3 Å². The molecule has 1 aromatic rings. The fraction of sp³-hybridized carbons (Fsp3) is 0.533. The average molecular weight is 260 g/mol. The van der Waals surface area contributed by atoms with E-state index < -0.39 is 0 Å². The Labute approximate surface area is 113 Å². The molecule has 3 N–H and O–H groups in total. The number of carbonyl (C=O) groups is 1. The third kappa shape index (κ3) is 2.00. The molecule has 1 aliphatic heterocycles. The molecule has 102 valence electrons. The predicted octanol–water partition coefficient (Wildman–Crippen LogP) is 1.28. The highest BCUT2D eigenvalue weighted by molar-refractivity contribution is 5.91. The number of aliphatic hydroxyl groups excluding tert-OH is 1. The number of nitrogens with two attached hydrogens (primary N) is 1. The van der Waals surface area contributed by atoms with Gasteiger partial charge in [0.05, 0.1) is 18.1 Å². The standard InChI is InChI=1S/C15H20N2O2/c16-12-5-3-11(4-6-12)15(7-8-15)14(19)17-9-1-2-13(17)10-18/h3-6,13,18H,1-2,7-10,16H2/t13-/m0/s1. The van der Waals surface area contributed by atoms with Crippen molar-refractivity contribution >= 4 is 11.6 Å². The van der Waals surface area contributed by atoms with Crippen molar-refractivity contribution in [3.8, 4) is 0 Å². The summed E-state index contributed by atoms with van der Waals surface area (Å²) in [7, 11) is 0. The monoisotopic (exact) mass is 260 g/mol. The molecule has 1 aromatic carbocycles. The quantitative estimate of drug-likeness (QED) is 0.805. The van der Waals surface area contributed by atoms with Gasteiger partial charge in [-0.05, 0) is 43.4 Å². The van der Waals surface area contributed by atoms with E-state index in [1.807, 2.05) is 29.2 Å². The van der Waals surface area contributed by atoms with E-state index in [1.165, 1.54) is 0 Å². The number of rotatable bonds is 3. The lowest BCUT2D eigenvalue weighted by Crippen LogP contribution is -2.43. The molecule has 0 unspecified atom stereocenters. The minimum Gasteiger partial charge on any atom is -0.399 e. The molecule has 0 spiro atoms. The Hall–Kier alpha value is -1.55. The van der Waals surface area contributed by atoms with E-state index in [0.29, 0.717) is 0 Å². The Balaban J connectivity index is 1.84. The van der Waals surface area contributed by atoms with Crippen molar-refractivity contribution in [3.63, 3.8) is 0 Å². The first kappa shape index (κ1) is 12.5. The van der Waals surface area contributed by atoms with Crippen molar-refractivity contribution in [1.29, 1.82) is 0 Å². The zero-order chi connectivity index (χ0) is 13.5. The van der Waals surface area contributed by atoms with Gasteiger partial charge in [-0.25, -0.2) is 0 Å². The lowest BCUT2D eigenvalue weighted by atomic mass is 9.94. The molecule has 1 saturated heterocycles. The second kappa shape index (κ2) is 4.53. The smallest absolute Gasteiger partial charge is 0.233 e. The molecule has 2 aliphatic rings. The Morgan fingerprint density at radius 1 is 1.37 bits per heavy atom.